The highest BCUT2D eigenvalue weighted by atomic mass is 19.4. The number of amides is 1. The fourth-order valence-electron chi connectivity index (χ4n) is 4.35. The summed E-state index contributed by atoms with van der Waals surface area (Å²) in [6.45, 7) is 4.52. The lowest BCUT2D eigenvalue weighted by atomic mass is 9.94. The van der Waals surface area contributed by atoms with Crippen molar-refractivity contribution in [2.75, 3.05) is 38.1 Å². The monoisotopic (exact) mass is 397 g/mol. The van der Waals surface area contributed by atoms with Gasteiger partial charge in [-0.1, -0.05) is 25.3 Å². The van der Waals surface area contributed by atoms with Crippen LogP contribution in [0.4, 0.5) is 18.9 Å². The predicted octanol–water partition coefficient (Wildman–Crippen LogP) is 4.01. The number of alkyl halides is 3. The first-order valence-corrected chi connectivity index (χ1v) is 10.2. The molecular formula is C21H30F3N3O. The predicted molar refractivity (Wildman–Crippen MR) is 104 cm³/mol. The Morgan fingerprint density at radius 2 is 1.75 bits per heavy atom. The quantitative estimate of drug-likeness (QED) is 0.768. The molecular weight excluding hydrogens is 367 g/mol. The maximum absolute atomic E-state index is 13.0. The van der Waals surface area contributed by atoms with Gasteiger partial charge in [-0.15, -0.1) is 0 Å². The van der Waals surface area contributed by atoms with Gasteiger partial charge in [0.2, 0.25) is 5.91 Å². The molecule has 156 valence electrons. The van der Waals surface area contributed by atoms with Gasteiger partial charge in [0.25, 0.3) is 0 Å². The highest BCUT2D eigenvalue weighted by Crippen LogP contribution is 2.32. The molecule has 1 aliphatic heterocycles. The SMILES string of the molecule is CC(C(=O)N(C)C1CCCCC1)N1CCN(c2cccc(C(F)(F)F)c2)CC1. The molecule has 3 rings (SSSR count). The highest BCUT2D eigenvalue weighted by molar-refractivity contribution is 5.81. The molecule has 1 heterocycles. The second-order valence-corrected chi connectivity index (χ2v) is 7.99. The Hall–Kier alpha value is -1.76. The molecule has 1 aromatic rings. The maximum atomic E-state index is 13.0. The molecule has 1 saturated carbocycles. The number of nitrogens with zero attached hydrogens (tertiary/aromatic N) is 3. The lowest BCUT2D eigenvalue weighted by Crippen LogP contribution is -2.55. The topological polar surface area (TPSA) is 26.8 Å². The Bertz CT molecular complexity index is 665. The van der Waals surface area contributed by atoms with Gasteiger partial charge in [0, 0.05) is 45.0 Å². The number of hydrogen-bond donors (Lipinski definition) is 0. The number of carbonyl (C=O) groups excluding carboxylic acids is 1. The molecule has 7 heteroatoms. The van der Waals surface area contributed by atoms with Gasteiger partial charge in [-0.3, -0.25) is 9.69 Å². The summed E-state index contributed by atoms with van der Waals surface area (Å²) in [4.78, 5) is 18.9. The van der Waals surface area contributed by atoms with Crippen LogP contribution >= 0.6 is 0 Å². The Labute approximate surface area is 165 Å². The van der Waals surface area contributed by atoms with Crippen molar-refractivity contribution in [1.29, 1.82) is 0 Å². The summed E-state index contributed by atoms with van der Waals surface area (Å²) in [5, 5.41) is 0. The molecule has 0 N–H and O–H groups in total. The third-order valence-corrected chi connectivity index (χ3v) is 6.23. The van der Waals surface area contributed by atoms with Gasteiger partial charge in [-0.25, -0.2) is 0 Å². The molecule has 4 nitrogen and oxygen atoms in total. The van der Waals surface area contributed by atoms with E-state index < -0.39 is 11.7 Å². The smallest absolute Gasteiger partial charge is 0.369 e. The number of halogens is 3. The normalized spacial score (nSPS) is 20.8. The third-order valence-electron chi connectivity index (χ3n) is 6.23. The van der Waals surface area contributed by atoms with Gasteiger partial charge in [-0.2, -0.15) is 13.2 Å². The second kappa shape index (κ2) is 8.72. The maximum Gasteiger partial charge on any atom is 0.416 e. The highest BCUT2D eigenvalue weighted by Gasteiger charge is 2.33. The fourth-order valence-corrected chi connectivity index (χ4v) is 4.35. The summed E-state index contributed by atoms with van der Waals surface area (Å²) in [6, 6.07) is 5.63. The Kier molecular flexibility index (Phi) is 6.53. The number of anilines is 1. The van der Waals surface area contributed by atoms with Crippen molar-refractivity contribution in [2.45, 2.75) is 57.3 Å². The van der Waals surface area contributed by atoms with E-state index in [1.54, 1.807) is 6.07 Å². The Morgan fingerprint density at radius 1 is 1.11 bits per heavy atom. The van der Waals surface area contributed by atoms with Crippen LogP contribution in [0.3, 0.4) is 0 Å². The van der Waals surface area contributed by atoms with Gasteiger partial charge >= 0.3 is 6.18 Å². The number of benzene rings is 1. The van der Waals surface area contributed by atoms with E-state index in [4.69, 9.17) is 0 Å². The molecule has 0 bridgehead atoms. The van der Waals surface area contributed by atoms with Gasteiger partial charge in [-0.05, 0) is 38.0 Å². The molecule has 0 radical (unpaired) electrons. The summed E-state index contributed by atoms with van der Waals surface area (Å²) in [5.74, 6) is 0.152. The van der Waals surface area contributed by atoms with Crippen molar-refractivity contribution in [3.05, 3.63) is 29.8 Å². The minimum absolute atomic E-state index is 0.152. The van der Waals surface area contributed by atoms with Crippen molar-refractivity contribution >= 4 is 11.6 Å². The van der Waals surface area contributed by atoms with Gasteiger partial charge < -0.3 is 9.80 Å². The summed E-state index contributed by atoms with van der Waals surface area (Å²) in [7, 11) is 1.91. The van der Waals surface area contributed by atoms with Crippen LogP contribution in [0.15, 0.2) is 24.3 Å². The summed E-state index contributed by atoms with van der Waals surface area (Å²) >= 11 is 0. The first-order chi connectivity index (χ1) is 13.3. The molecule has 1 atom stereocenters. The number of rotatable bonds is 4. The standard InChI is InChI=1S/C21H30F3N3O/c1-16(20(28)25(2)18-8-4-3-5-9-18)26-11-13-27(14-12-26)19-10-6-7-17(15-19)21(22,23)24/h6-7,10,15-16,18H,3-5,8-9,11-14H2,1-2H3. The van der Waals surface area contributed by atoms with Crippen molar-refractivity contribution in [3.8, 4) is 0 Å². The number of piperazine rings is 1. The summed E-state index contributed by atoms with van der Waals surface area (Å²) in [5.41, 5.74) is -0.0298. The zero-order valence-electron chi connectivity index (χ0n) is 16.7. The van der Waals surface area contributed by atoms with Crippen LogP contribution in [-0.2, 0) is 11.0 Å². The average Bonchev–Trinajstić information content (AvgIpc) is 2.72. The molecule has 0 aromatic heterocycles. The molecule has 1 aromatic carbocycles. The first-order valence-electron chi connectivity index (χ1n) is 10.2. The Balaban J connectivity index is 1.56. The van der Waals surface area contributed by atoms with Gasteiger partial charge in [0.1, 0.15) is 0 Å². The first kappa shape index (κ1) is 21.0. The van der Waals surface area contributed by atoms with Crippen molar-refractivity contribution in [2.24, 2.45) is 0 Å². The van der Waals surface area contributed by atoms with Gasteiger partial charge in [0.05, 0.1) is 11.6 Å². The fraction of sp³-hybridized carbons (Fsp3) is 0.667. The van der Waals surface area contributed by atoms with E-state index in [0.717, 1.165) is 18.9 Å². The van der Waals surface area contributed by atoms with E-state index in [9.17, 15) is 18.0 Å². The van der Waals surface area contributed by atoms with Crippen molar-refractivity contribution in [3.63, 3.8) is 0 Å². The number of hydrogen-bond acceptors (Lipinski definition) is 3. The van der Waals surface area contributed by atoms with Crippen LogP contribution in [0.5, 0.6) is 0 Å². The molecule has 1 unspecified atom stereocenters. The van der Waals surface area contributed by atoms with Crippen LogP contribution in [0.2, 0.25) is 0 Å². The van der Waals surface area contributed by atoms with E-state index in [-0.39, 0.29) is 11.9 Å². The molecule has 2 fully saturated rings. The summed E-state index contributed by atoms with van der Waals surface area (Å²) < 4.78 is 38.9. The molecule has 1 amide bonds. The second-order valence-electron chi connectivity index (χ2n) is 7.99. The zero-order chi connectivity index (χ0) is 20.3. The van der Waals surface area contributed by atoms with Crippen LogP contribution in [0.1, 0.15) is 44.6 Å². The minimum Gasteiger partial charge on any atom is -0.369 e. The number of carbonyl (C=O) groups is 1. The number of likely N-dealkylation sites (N-methyl/N-ethyl adjacent to an activating group) is 1. The third kappa shape index (κ3) is 4.80. The van der Waals surface area contributed by atoms with Crippen LogP contribution in [0.25, 0.3) is 0 Å². The van der Waals surface area contributed by atoms with Crippen LogP contribution in [0, 0.1) is 0 Å². The van der Waals surface area contributed by atoms with E-state index in [2.05, 4.69) is 4.90 Å². The minimum atomic E-state index is -4.33. The summed E-state index contributed by atoms with van der Waals surface area (Å²) in [6.07, 6.45) is 1.46. The van der Waals surface area contributed by atoms with E-state index >= 15 is 0 Å². The van der Waals surface area contributed by atoms with Crippen molar-refractivity contribution in [1.82, 2.24) is 9.80 Å². The van der Waals surface area contributed by atoms with Gasteiger partial charge in [0.15, 0.2) is 0 Å². The van der Waals surface area contributed by atoms with E-state index in [1.165, 1.54) is 31.4 Å². The molecule has 0 spiro atoms. The molecule has 28 heavy (non-hydrogen) atoms. The lowest BCUT2D eigenvalue weighted by Gasteiger charge is -2.41. The van der Waals surface area contributed by atoms with Crippen LogP contribution < -0.4 is 4.90 Å². The van der Waals surface area contributed by atoms with Crippen molar-refractivity contribution < 1.29 is 18.0 Å². The zero-order valence-corrected chi connectivity index (χ0v) is 16.7. The largest absolute Gasteiger partial charge is 0.416 e. The average molecular weight is 397 g/mol. The molecule has 2 aliphatic rings. The van der Waals surface area contributed by atoms with E-state index in [0.29, 0.717) is 37.9 Å². The van der Waals surface area contributed by atoms with Crippen LogP contribution in [-0.4, -0.2) is 61.0 Å². The van der Waals surface area contributed by atoms with E-state index in [1.807, 2.05) is 23.8 Å². The Morgan fingerprint density at radius 3 is 2.36 bits per heavy atom. The molecule has 1 saturated heterocycles. The molecule has 1 aliphatic carbocycles. The lowest BCUT2D eigenvalue weighted by molar-refractivity contribution is -0.138.